The van der Waals surface area contributed by atoms with Gasteiger partial charge < -0.3 is 15.4 Å². The van der Waals surface area contributed by atoms with Gasteiger partial charge in [0.1, 0.15) is 11.8 Å². The molecule has 0 saturated carbocycles. The van der Waals surface area contributed by atoms with E-state index < -0.39 is 6.04 Å². The van der Waals surface area contributed by atoms with Crippen LogP contribution in [0.25, 0.3) is 0 Å². The third kappa shape index (κ3) is 5.50. The number of nitrogens with one attached hydrogen (secondary N) is 2. The van der Waals surface area contributed by atoms with E-state index in [2.05, 4.69) is 10.6 Å². The van der Waals surface area contributed by atoms with Crippen LogP contribution in [-0.4, -0.2) is 31.5 Å². The number of carbonyl (C=O) groups excluding carboxylic acids is 2. The number of methoxy groups -OCH3 is 1. The van der Waals surface area contributed by atoms with Crippen molar-refractivity contribution in [2.24, 2.45) is 0 Å². The Balaban J connectivity index is 1.82. The van der Waals surface area contributed by atoms with Gasteiger partial charge in [0.2, 0.25) is 5.91 Å². The Hall–Kier alpha value is -2.53. The zero-order valence-electron chi connectivity index (χ0n) is 14.2. The number of halogens is 1. The monoisotopic (exact) mass is 360 g/mol. The van der Waals surface area contributed by atoms with Gasteiger partial charge in [-0.15, -0.1) is 0 Å². The molecule has 1 unspecified atom stereocenters. The van der Waals surface area contributed by atoms with Crippen LogP contribution in [0.5, 0.6) is 5.75 Å². The second-order valence-electron chi connectivity index (χ2n) is 5.55. The Bertz CT molecular complexity index is 732. The van der Waals surface area contributed by atoms with Crippen molar-refractivity contribution in [3.63, 3.8) is 0 Å². The summed E-state index contributed by atoms with van der Waals surface area (Å²) in [4.78, 5) is 24.2. The lowest BCUT2D eigenvalue weighted by Gasteiger charge is -2.15. The first kappa shape index (κ1) is 18.8. The molecule has 0 aliphatic carbocycles. The Morgan fingerprint density at radius 2 is 1.80 bits per heavy atom. The summed E-state index contributed by atoms with van der Waals surface area (Å²) in [6, 6.07) is 13.5. The first-order valence-corrected chi connectivity index (χ1v) is 8.35. The average Bonchev–Trinajstić information content (AvgIpc) is 2.62. The summed E-state index contributed by atoms with van der Waals surface area (Å²) in [5.74, 6) is 0.238. The predicted molar refractivity (Wildman–Crippen MR) is 98.1 cm³/mol. The van der Waals surface area contributed by atoms with Crippen LogP contribution in [0.4, 0.5) is 0 Å². The molecule has 25 heavy (non-hydrogen) atoms. The first-order valence-electron chi connectivity index (χ1n) is 7.97. The molecule has 132 valence electrons. The zero-order valence-corrected chi connectivity index (χ0v) is 15.0. The third-order valence-corrected chi connectivity index (χ3v) is 3.99. The highest BCUT2D eigenvalue weighted by Gasteiger charge is 2.16. The van der Waals surface area contributed by atoms with Gasteiger partial charge in [0.05, 0.1) is 7.11 Å². The van der Waals surface area contributed by atoms with Crippen LogP contribution in [0.1, 0.15) is 22.8 Å². The SMILES string of the molecule is COc1ccccc1CCNC(=O)C(C)NC(=O)c1ccc(Cl)cc1. The largest absolute Gasteiger partial charge is 0.496 e. The van der Waals surface area contributed by atoms with Crippen molar-refractivity contribution >= 4 is 23.4 Å². The van der Waals surface area contributed by atoms with Crippen LogP contribution in [0.2, 0.25) is 5.02 Å². The van der Waals surface area contributed by atoms with Gasteiger partial charge in [0, 0.05) is 17.1 Å². The smallest absolute Gasteiger partial charge is 0.251 e. The quantitative estimate of drug-likeness (QED) is 0.797. The minimum atomic E-state index is -0.638. The molecule has 0 saturated heterocycles. The van der Waals surface area contributed by atoms with E-state index in [1.54, 1.807) is 38.3 Å². The maximum Gasteiger partial charge on any atom is 0.251 e. The van der Waals surface area contributed by atoms with E-state index >= 15 is 0 Å². The fourth-order valence-corrected chi connectivity index (χ4v) is 2.46. The Morgan fingerprint density at radius 1 is 1.12 bits per heavy atom. The Morgan fingerprint density at radius 3 is 2.48 bits per heavy atom. The molecule has 5 nitrogen and oxygen atoms in total. The first-order chi connectivity index (χ1) is 12.0. The number of hydrogen-bond acceptors (Lipinski definition) is 3. The van der Waals surface area contributed by atoms with Gasteiger partial charge in [-0.3, -0.25) is 9.59 Å². The van der Waals surface area contributed by atoms with Crippen LogP contribution >= 0.6 is 11.6 Å². The highest BCUT2D eigenvalue weighted by atomic mass is 35.5. The van der Waals surface area contributed by atoms with Crippen molar-refractivity contribution in [3.05, 3.63) is 64.7 Å². The van der Waals surface area contributed by atoms with Crippen LogP contribution in [0.3, 0.4) is 0 Å². The van der Waals surface area contributed by atoms with Crippen molar-refractivity contribution in [1.29, 1.82) is 0 Å². The van der Waals surface area contributed by atoms with Crippen molar-refractivity contribution in [2.45, 2.75) is 19.4 Å². The van der Waals surface area contributed by atoms with E-state index in [0.29, 0.717) is 23.6 Å². The van der Waals surface area contributed by atoms with Crippen LogP contribution in [0.15, 0.2) is 48.5 Å². The summed E-state index contributed by atoms with van der Waals surface area (Å²) in [7, 11) is 1.62. The fraction of sp³-hybridized carbons (Fsp3) is 0.263. The Labute approximate surface area is 152 Å². The maximum atomic E-state index is 12.1. The molecule has 2 N–H and O–H groups in total. The van der Waals surface area contributed by atoms with E-state index in [1.807, 2.05) is 24.3 Å². The molecule has 6 heteroatoms. The normalized spacial score (nSPS) is 11.5. The van der Waals surface area contributed by atoms with E-state index in [1.165, 1.54) is 0 Å². The Kier molecular flexibility index (Phi) is 6.83. The molecular weight excluding hydrogens is 340 g/mol. The zero-order chi connectivity index (χ0) is 18.2. The molecule has 2 aromatic carbocycles. The standard InChI is InChI=1S/C19H21ClN2O3/c1-13(22-19(24)15-7-9-16(20)10-8-15)18(23)21-12-11-14-5-3-4-6-17(14)25-2/h3-10,13H,11-12H2,1-2H3,(H,21,23)(H,22,24). The van der Waals surface area contributed by atoms with Crippen molar-refractivity contribution < 1.29 is 14.3 Å². The summed E-state index contributed by atoms with van der Waals surface area (Å²) in [6.45, 7) is 2.10. The molecule has 0 spiro atoms. The fourth-order valence-electron chi connectivity index (χ4n) is 2.33. The highest BCUT2D eigenvalue weighted by molar-refractivity contribution is 6.30. The van der Waals surface area contributed by atoms with Gasteiger partial charge in [-0.2, -0.15) is 0 Å². The molecule has 0 aromatic heterocycles. The molecule has 1 atom stereocenters. The van der Waals surface area contributed by atoms with Crippen molar-refractivity contribution in [2.75, 3.05) is 13.7 Å². The molecule has 0 aliphatic rings. The van der Waals surface area contributed by atoms with Crippen molar-refractivity contribution in [3.8, 4) is 5.75 Å². The third-order valence-electron chi connectivity index (χ3n) is 3.73. The number of carbonyl (C=O) groups is 2. The lowest BCUT2D eigenvalue weighted by Crippen LogP contribution is -2.45. The lowest BCUT2D eigenvalue weighted by molar-refractivity contribution is -0.122. The number of amides is 2. The van der Waals surface area contributed by atoms with E-state index in [4.69, 9.17) is 16.3 Å². The number of rotatable bonds is 7. The molecule has 2 amide bonds. The van der Waals surface area contributed by atoms with Gasteiger partial charge in [-0.25, -0.2) is 0 Å². The minimum Gasteiger partial charge on any atom is -0.496 e. The molecule has 0 aliphatic heterocycles. The lowest BCUT2D eigenvalue weighted by atomic mass is 10.1. The predicted octanol–water partition coefficient (Wildman–Crippen LogP) is 2.83. The van der Waals surface area contributed by atoms with Gasteiger partial charge in [0.15, 0.2) is 0 Å². The van der Waals surface area contributed by atoms with E-state index in [-0.39, 0.29) is 11.8 Å². The van der Waals surface area contributed by atoms with E-state index in [9.17, 15) is 9.59 Å². The number of benzene rings is 2. The highest BCUT2D eigenvalue weighted by Crippen LogP contribution is 2.17. The topological polar surface area (TPSA) is 67.4 Å². The van der Waals surface area contributed by atoms with Crippen LogP contribution < -0.4 is 15.4 Å². The molecule has 0 heterocycles. The summed E-state index contributed by atoms with van der Waals surface area (Å²) in [5.41, 5.74) is 1.47. The second kappa shape index (κ2) is 9.08. The number of ether oxygens (including phenoxy) is 1. The summed E-state index contributed by atoms with van der Waals surface area (Å²) in [6.07, 6.45) is 0.646. The van der Waals surface area contributed by atoms with Gasteiger partial charge >= 0.3 is 0 Å². The maximum absolute atomic E-state index is 12.1. The van der Waals surface area contributed by atoms with Crippen LogP contribution in [-0.2, 0) is 11.2 Å². The van der Waals surface area contributed by atoms with Crippen molar-refractivity contribution in [1.82, 2.24) is 10.6 Å². The average molecular weight is 361 g/mol. The van der Waals surface area contributed by atoms with Gasteiger partial charge in [-0.1, -0.05) is 29.8 Å². The summed E-state index contributed by atoms with van der Waals surface area (Å²) in [5, 5.41) is 6.04. The molecule has 0 radical (unpaired) electrons. The second-order valence-corrected chi connectivity index (χ2v) is 5.99. The van der Waals surface area contributed by atoms with Gasteiger partial charge in [-0.05, 0) is 49.2 Å². The van der Waals surface area contributed by atoms with Crippen LogP contribution in [0, 0.1) is 0 Å². The number of hydrogen-bond donors (Lipinski definition) is 2. The summed E-state index contributed by atoms with van der Waals surface area (Å²) < 4.78 is 5.28. The van der Waals surface area contributed by atoms with Gasteiger partial charge in [0.25, 0.3) is 5.91 Å². The minimum absolute atomic E-state index is 0.239. The number of para-hydroxylation sites is 1. The molecule has 0 bridgehead atoms. The summed E-state index contributed by atoms with van der Waals surface area (Å²) >= 11 is 5.80. The van der Waals surface area contributed by atoms with E-state index in [0.717, 1.165) is 11.3 Å². The molecule has 2 aromatic rings. The molecule has 0 fully saturated rings. The molecular formula is C19H21ClN2O3. The molecule has 2 rings (SSSR count).